The number of nitrogens with one attached hydrogen (secondary N) is 1. The molecule has 1 aromatic carbocycles. The van der Waals surface area contributed by atoms with Gasteiger partial charge in [0.15, 0.2) is 6.04 Å². The molecule has 2 fully saturated rings. The number of halogens is 1. The molecule has 27 heavy (non-hydrogen) atoms. The van der Waals surface area contributed by atoms with E-state index in [1.807, 2.05) is 24.3 Å². The van der Waals surface area contributed by atoms with Crippen molar-refractivity contribution in [3.8, 4) is 0 Å². The number of hydrogen-bond acceptors (Lipinski definition) is 5. The highest BCUT2D eigenvalue weighted by molar-refractivity contribution is 14.1. The SMILES string of the molecule is CCOC(=O)C1COC(=O)N1C1CCN(C(=O)Nc2ccccc2I)CC1. The first-order valence-electron chi connectivity index (χ1n) is 8.93. The van der Waals surface area contributed by atoms with Crippen LogP contribution in [0.4, 0.5) is 15.3 Å². The maximum Gasteiger partial charge on any atom is 0.410 e. The Morgan fingerprint density at radius 3 is 2.67 bits per heavy atom. The van der Waals surface area contributed by atoms with E-state index in [-0.39, 0.29) is 25.3 Å². The Morgan fingerprint density at radius 2 is 2.00 bits per heavy atom. The number of carbonyl (C=O) groups is 3. The first-order valence-corrected chi connectivity index (χ1v) is 10.0. The van der Waals surface area contributed by atoms with Crippen LogP contribution in [0.5, 0.6) is 0 Å². The number of urea groups is 1. The van der Waals surface area contributed by atoms with Crippen LogP contribution in [-0.4, -0.2) is 66.3 Å². The summed E-state index contributed by atoms with van der Waals surface area (Å²) in [4.78, 5) is 39.9. The molecule has 1 atom stereocenters. The lowest BCUT2D eigenvalue weighted by Crippen LogP contribution is -2.52. The molecule has 3 rings (SSSR count). The Kier molecular flexibility index (Phi) is 6.40. The fraction of sp³-hybridized carbons (Fsp3) is 0.500. The highest BCUT2D eigenvalue weighted by Crippen LogP contribution is 2.25. The summed E-state index contributed by atoms with van der Waals surface area (Å²) < 4.78 is 11.1. The molecule has 1 unspecified atom stereocenters. The Labute approximate surface area is 171 Å². The quantitative estimate of drug-likeness (QED) is 0.522. The predicted molar refractivity (Wildman–Crippen MR) is 106 cm³/mol. The van der Waals surface area contributed by atoms with Crippen LogP contribution in [0, 0.1) is 3.57 Å². The van der Waals surface area contributed by atoms with Crippen LogP contribution in [0.25, 0.3) is 0 Å². The van der Waals surface area contributed by atoms with Gasteiger partial charge in [0.1, 0.15) is 6.61 Å². The highest BCUT2D eigenvalue weighted by Gasteiger charge is 2.44. The molecule has 0 aliphatic carbocycles. The summed E-state index contributed by atoms with van der Waals surface area (Å²) in [6.07, 6.45) is 0.684. The molecule has 0 radical (unpaired) electrons. The maximum atomic E-state index is 12.5. The van der Waals surface area contributed by atoms with E-state index in [9.17, 15) is 14.4 Å². The zero-order valence-corrected chi connectivity index (χ0v) is 17.2. The summed E-state index contributed by atoms with van der Waals surface area (Å²) in [6.45, 7) is 3.00. The minimum Gasteiger partial charge on any atom is -0.464 e. The fourth-order valence-electron chi connectivity index (χ4n) is 3.36. The van der Waals surface area contributed by atoms with Crippen molar-refractivity contribution in [2.45, 2.75) is 31.8 Å². The van der Waals surface area contributed by atoms with Crippen molar-refractivity contribution in [1.29, 1.82) is 0 Å². The average Bonchev–Trinajstić information content (AvgIpc) is 3.05. The van der Waals surface area contributed by atoms with Crippen LogP contribution in [0.3, 0.4) is 0 Å². The van der Waals surface area contributed by atoms with Gasteiger partial charge in [-0.15, -0.1) is 0 Å². The molecule has 0 aromatic heterocycles. The molecule has 9 heteroatoms. The zero-order chi connectivity index (χ0) is 19.4. The molecule has 2 saturated heterocycles. The van der Waals surface area contributed by atoms with E-state index in [0.29, 0.717) is 25.9 Å². The number of rotatable bonds is 4. The van der Waals surface area contributed by atoms with Crippen LogP contribution >= 0.6 is 22.6 Å². The molecule has 2 heterocycles. The van der Waals surface area contributed by atoms with Crippen molar-refractivity contribution in [3.05, 3.63) is 27.8 Å². The molecule has 3 amide bonds. The number of amides is 3. The molecule has 0 saturated carbocycles. The number of anilines is 1. The van der Waals surface area contributed by atoms with Gasteiger partial charge in [-0.25, -0.2) is 14.4 Å². The first-order chi connectivity index (χ1) is 13.0. The lowest BCUT2D eigenvalue weighted by atomic mass is 10.0. The maximum absolute atomic E-state index is 12.5. The van der Waals surface area contributed by atoms with Gasteiger partial charge in [0, 0.05) is 22.7 Å². The number of cyclic esters (lactones) is 1. The van der Waals surface area contributed by atoms with Gasteiger partial charge in [-0.1, -0.05) is 12.1 Å². The largest absolute Gasteiger partial charge is 0.464 e. The van der Waals surface area contributed by atoms with E-state index in [1.165, 1.54) is 4.90 Å². The second-order valence-electron chi connectivity index (χ2n) is 6.38. The number of hydrogen-bond donors (Lipinski definition) is 1. The van der Waals surface area contributed by atoms with E-state index in [0.717, 1.165) is 9.26 Å². The Bertz CT molecular complexity index is 721. The molecule has 8 nitrogen and oxygen atoms in total. The van der Waals surface area contributed by atoms with E-state index in [4.69, 9.17) is 9.47 Å². The summed E-state index contributed by atoms with van der Waals surface area (Å²) in [7, 11) is 0. The van der Waals surface area contributed by atoms with Crippen molar-refractivity contribution in [1.82, 2.24) is 9.80 Å². The highest BCUT2D eigenvalue weighted by atomic mass is 127. The number of para-hydroxylation sites is 1. The van der Waals surface area contributed by atoms with Crippen LogP contribution in [0.1, 0.15) is 19.8 Å². The lowest BCUT2D eigenvalue weighted by Gasteiger charge is -2.37. The van der Waals surface area contributed by atoms with E-state index >= 15 is 0 Å². The van der Waals surface area contributed by atoms with Crippen molar-refractivity contribution < 1.29 is 23.9 Å². The van der Waals surface area contributed by atoms with Crippen molar-refractivity contribution in [3.63, 3.8) is 0 Å². The molecule has 1 aromatic rings. The second kappa shape index (κ2) is 8.77. The number of ether oxygens (including phenoxy) is 2. The third-order valence-corrected chi connectivity index (χ3v) is 5.67. The van der Waals surface area contributed by atoms with Gasteiger partial charge in [0.25, 0.3) is 0 Å². The number of benzene rings is 1. The zero-order valence-electron chi connectivity index (χ0n) is 15.0. The molecule has 0 spiro atoms. The van der Waals surface area contributed by atoms with Crippen LogP contribution in [0.2, 0.25) is 0 Å². The topological polar surface area (TPSA) is 88.2 Å². The summed E-state index contributed by atoms with van der Waals surface area (Å²) in [5, 5.41) is 2.92. The molecule has 2 aliphatic rings. The van der Waals surface area contributed by atoms with E-state index in [1.54, 1.807) is 11.8 Å². The first kappa shape index (κ1) is 19.7. The molecule has 0 bridgehead atoms. The fourth-order valence-corrected chi connectivity index (χ4v) is 3.88. The summed E-state index contributed by atoms with van der Waals surface area (Å²) in [5.74, 6) is -0.442. The van der Waals surface area contributed by atoms with Crippen molar-refractivity contribution in [2.24, 2.45) is 0 Å². The summed E-state index contributed by atoms with van der Waals surface area (Å²) in [6, 6.07) is 6.57. The number of carbonyl (C=O) groups excluding carboxylic acids is 3. The number of piperidine rings is 1. The molecule has 2 aliphatic heterocycles. The third kappa shape index (κ3) is 4.45. The Balaban J connectivity index is 1.58. The predicted octanol–water partition coefficient (Wildman–Crippen LogP) is 2.67. The molecule has 1 N–H and O–H groups in total. The molecule has 146 valence electrons. The van der Waals surface area contributed by atoms with Gasteiger partial charge in [0.2, 0.25) is 0 Å². The van der Waals surface area contributed by atoms with Gasteiger partial charge in [-0.2, -0.15) is 0 Å². The van der Waals surface area contributed by atoms with E-state index in [2.05, 4.69) is 27.9 Å². The average molecular weight is 487 g/mol. The third-order valence-electron chi connectivity index (χ3n) is 4.73. The molecular weight excluding hydrogens is 465 g/mol. The summed E-state index contributed by atoms with van der Waals surface area (Å²) >= 11 is 2.18. The minimum atomic E-state index is -0.700. The smallest absolute Gasteiger partial charge is 0.410 e. The van der Waals surface area contributed by atoms with Gasteiger partial charge in [0.05, 0.1) is 12.3 Å². The molecular formula is C18H22IN3O5. The van der Waals surface area contributed by atoms with Crippen LogP contribution < -0.4 is 5.32 Å². The lowest BCUT2D eigenvalue weighted by molar-refractivity contribution is -0.148. The van der Waals surface area contributed by atoms with Gasteiger partial charge < -0.3 is 19.7 Å². The summed E-state index contributed by atoms with van der Waals surface area (Å²) in [5.41, 5.74) is 0.774. The number of likely N-dealkylation sites (tertiary alicyclic amines) is 1. The van der Waals surface area contributed by atoms with Crippen LogP contribution in [-0.2, 0) is 14.3 Å². The van der Waals surface area contributed by atoms with Crippen molar-refractivity contribution >= 4 is 46.4 Å². The van der Waals surface area contributed by atoms with Crippen LogP contribution in [0.15, 0.2) is 24.3 Å². The van der Waals surface area contributed by atoms with Gasteiger partial charge in [-0.3, -0.25) is 4.90 Å². The number of esters is 1. The van der Waals surface area contributed by atoms with Crippen molar-refractivity contribution in [2.75, 3.05) is 31.6 Å². The minimum absolute atomic E-state index is 0.0187. The standard InChI is InChI=1S/C18H22IN3O5/c1-2-26-16(23)15-11-27-18(25)22(15)12-7-9-21(10-8-12)17(24)20-14-6-4-3-5-13(14)19/h3-6,12,15H,2,7-11H2,1H3,(H,20,24). The van der Waals surface area contributed by atoms with Gasteiger partial charge >= 0.3 is 18.1 Å². The number of nitrogens with zero attached hydrogens (tertiary/aromatic N) is 2. The van der Waals surface area contributed by atoms with Gasteiger partial charge in [-0.05, 0) is 54.5 Å². The van der Waals surface area contributed by atoms with E-state index < -0.39 is 18.1 Å². The Morgan fingerprint density at radius 1 is 1.30 bits per heavy atom. The second-order valence-corrected chi connectivity index (χ2v) is 7.54. The normalized spacial score (nSPS) is 20.4. The Hall–Kier alpha value is -2.04. The monoisotopic (exact) mass is 487 g/mol.